The van der Waals surface area contributed by atoms with Crippen LogP contribution in [0.5, 0.6) is 0 Å². The van der Waals surface area contributed by atoms with Crippen LogP contribution in [0.1, 0.15) is 27.7 Å². The van der Waals surface area contributed by atoms with E-state index in [-0.39, 0.29) is 43.5 Å². The van der Waals surface area contributed by atoms with E-state index in [9.17, 15) is 19.5 Å². The Balaban J connectivity index is 2.39. The van der Waals surface area contributed by atoms with Gasteiger partial charge in [0.05, 0.1) is 25.0 Å². The highest BCUT2D eigenvalue weighted by Crippen LogP contribution is 2.44. The van der Waals surface area contributed by atoms with Gasteiger partial charge >= 0.3 is 5.97 Å². The Kier molecular flexibility index (Phi) is 6.21. The second kappa shape index (κ2) is 7.99. The molecule has 0 bridgehead atoms. The van der Waals surface area contributed by atoms with Gasteiger partial charge in [-0.3, -0.25) is 14.4 Å². The van der Waals surface area contributed by atoms with Gasteiger partial charge < -0.3 is 20.1 Å². The summed E-state index contributed by atoms with van der Waals surface area (Å²) in [7, 11) is 0. The maximum Gasteiger partial charge on any atom is 0.310 e. The summed E-state index contributed by atoms with van der Waals surface area (Å²) in [6.45, 7) is 7.38. The third-order valence-electron chi connectivity index (χ3n) is 4.87. The molecule has 1 fully saturated rings. The summed E-state index contributed by atoms with van der Waals surface area (Å²) in [6, 6.07) is -0.780. The van der Waals surface area contributed by atoms with Crippen molar-refractivity contribution in [2.24, 2.45) is 23.7 Å². The van der Waals surface area contributed by atoms with Crippen LogP contribution < -0.4 is 5.32 Å². The quantitative estimate of drug-likeness (QED) is 0.531. The second-order valence-corrected chi connectivity index (χ2v) is 6.99. The van der Waals surface area contributed by atoms with E-state index in [0.29, 0.717) is 0 Å². The van der Waals surface area contributed by atoms with E-state index < -0.39 is 29.8 Å². The molecule has 2 rings (SSSR count). The van der Waals surface area contributed by atoms with E-state index in [1.807, 2.05) is 32.9 Å². The van der Waals surface area contributed by atoms with Crippen LogP contribution in [0.3, 0.4) is 0 Å². The van der Waals surface area contributed by atoms with Gasteiger partial charge in [-0.05, 0) is 26.7 Å². The number of amides is 2. The van der Waals surface area contributed by atoms with Gasteiger partial charge in [-0.25, -0.2) is 0 Å². The number of allylic oxidation sites excluding steroid dienone is 1. The number of hydrogen-bond acceptors (Lipinski definition) is 5. The zero-order valence-electron chi connectivity index (χ0n) is 15.3. The topological polar surface area (TPSA) is 95.9 Å². The number of rotatable bonds is 6. The standard InChI is InChI=1S/C18H28N2O5/c1-5-25-18(24)13-11(4)6-7-12-14(13)17(23)20(8-9-21)15(12)16(22)19-10(2)3/h6-7,10-15,21H,5,8-9H2,1-4H3,(H,19,22)/t11-,12+,13-,14-,15+/m1/s1. The lowest BCUT2D eigenvalue weighted by Gasteiger charge is -2.32. The lowest BCUT2D eigenvalue weighted by molar-refractivity contribution is -0.155. The fraction of sp³-hybridized carbons (Fsp3) is 0.722. The minimum absolute atomic E-state index is 0.0648. The summed E-state index contributed by atoms with van der Waals surface area (Å²) < 4.78 is 5.17. The predicted octanol–water partition coefficient (Wildman–Crippen LogP) is 0.332. The molecule has 1 aliphatic carbocycles. The van der Waals surface area contributed by atoms with Crippen LogP contribution in [-0.2, 0) is 19.1 Å². The smallest absolute Gasteiger partial charge is 0.310 e. The van der Waals surface area contributed by atoms with E-state index in [4.69, 9.17) is 4.74 Å². The highest BCUT2D eigenvalue weighted by molar-refractivity contribution is 5.96. The summed E-state index contributed by atoms with van der Waals surface area (Å²) in [5.74, 6) is -2.72. The van der Waals surface area contributed by atoms with E-state index in [2.05, 4.69) is 5.32 Å². The van der Waals surface area contributed by atoms with Crippen molar-refractivity contribution in [1.29, 1.82) is 0 Å². The number of fused-ring (bicyclic) bond motifs is 1. The van der Waals surface area contributed by atoms with Crippen molar-refractivity contribution in [3.05, 3.63) is 12.2 Å². The van der Waals surface area contributed by atoms with Crippen LogP contribution in [-0.4, -0.2) is 59.6 Å². The number of esters is 1. The van der Waals surface area contributed by atoms with Gasteiger partial charge in [0.2, 0.25) is 11.8 Å². The first-order valence-corrected chi connectivity index (χ1v) is 8.90. The average Bonchev–Trinajstić information content (AvgIpc) is 2.80. The third-order valence-corrected chi connectivity index (χ3v) is 4.87. The first kappa shape index (κ1) is 19.4. The van der Waals surface area contributed by atoms with Gasteiger partial charge in [0.1, 0.15) is 6.04 Å². The van der Waals surface area contributed by atoms with Crippen LogP contribution in [0.25, 0.3) is 0 Å². The first-order valence-electron chi connectivity index (χ1n) is 8.90. The number of ether oxygens (including phenoxy) is 1. The fourth-order valence-electron chi connectivity index (χ4n) is 3.91. The number of aliphatic hydroxyl groups is 1. The molecule has 7 heteroatoms. The summed E-state index contributed by atoms with van der Waals surface area (Å²) >= 11 is 0. The molecule has 2 aliphatic rings. The minimum Gasteiger partial charge on any atom is -0.466 e. The van der Waals surface area contributed by atoms with Crippen LogP contribution >= 0.6 is 0 Å². The molecule has 7 nitrogen and oxygen atoms in total. The van der Waals surface area contributed by atoms with Crippen molar-refractivity contribution in [2.75, 3.05) is 19.8 Å². The predicted molar refractivity (Wildman–Crippen MR) is 91.3 cm³/mol. The number of hydrogen-bond donors (Lipinski definition) is 2. The van der Waals surface area contributed by atoms with Crippen molar-refractivity contribution < 1.29 is 24.2 Å². The molecule has 0 aromatic heterocycles. The van der Waals surface area contributed by atoms with Gasteiger partial charge in [-0.1, -0.05) is 19.1 Å². The Morgan fingerprint density at radius 3 is 2.60 bits per heavy atom. The highest BCUT2D eigenvalue weighted by Gasteiger charge is 2.56. The molecule has 25 heavy (non-hydrogen) atoms. The molecule has 0 unspecified atom stereocenters. The normalized spacial score (nSPS) is 31.2. The molecule has 5 atom stereocenters. The number of likely N-dealkylation sites (tertiary alicyclic amines) is 1. The number of nitrogens with zero attached hydrogens (tertiary/aromatic N) is 1. The maximum absolute atomic E-state index is 13.0. The largest absolute Gasteiger partial charge is 0.466 e. The first-order chi connectivity index (χ1) is 11.8. The van der Waals surface area contributed by atoms with E-state index in [1.54, 1.807) is 6.92 Å². The van der Waals surface area contributed by atoms with Gasteiger partial charge in [0, 0.05) is 18.5 Å². The van der Waals surface area contributed by atoms with Crippen LogP contribution in [0.4, 0.5) is 0 Å². The summed E-state index contributed by atoms with van der Waals surface area (Å²) in [4.78, 5) is 39.5. The number of aliphatic hydroxyl groups excluding tert-OH is 1. The fourth-order valence-corrected chi connectivity index (χ4v) is 3.91. The van der Waals surface area contributed by atoms with Gasteiger partial charge in [0.25, 0.3) is 0 Å². The van der Waals surface area contributed by atoms with E-state index >= 15 is 0 Å². The van der Waals surface area contributed by atoms with Crippen LogP contribution in [0.15, 0.2) is 12.2 Å². The lowest BCUT2D eigenvalue weighted by Crippen LogP contribution is -2.49. The molecule has 0 aromatic carbocycles. The molecule has 0 saturated carbocycles. The summed E-state index contributed by atoms with van der Waals surface area (Å²) in [5, 5.41) is 12.2. The number of β-amino-alcohol motifs (C(OH)–C–C–N with tert-alkyl or cyclic N) is 1. The molecule has 0 spiro atoms. The highest BCUT2D eigenvalue weighted by atomic mass is 16.5. The van der Waals surface area contributed by atoms with Gasteiger partial charge in [-0.2, -0.15) is 0 Å². The number of nitrogens with one attached hydrogen (secondary N) is 1. The molecule has 2 amide bonds. The third kappa shape index (κ3) is 3.71. The SMILES string of the molecule is CCOC(=O)[C@H]1[C@@H]2C(=O)N(CCO)[C@H](C(=O)NC(C)C)[C@H]2C=C[C@H]1C. The Bertz CT molecular complexity index is 560. The molecule has 140 valence electrons. The second-order valence-electron chi connectivity index (χ2n) is 6.99. The summed E-state index contributed by atoms with van der Waals surface area (Å²) in [5.41, 5.74) is 0. The number of carbonyl (C=O) groups is 3. The van der Waals surface area contributed by atoms with Crippen molar-refractivity contribution >= 4 is 17.8 Å². The molecule has 0 radical (unpaired) electrons. The van der Waals surface area contributed by atoms with E-state index in [1.165, 1.54) is 4.90 Å². The zero-order chi connectivity index (χ0) is 18.7. The Hall–Kier alpha value is -1.89. The minimum atomic E-state index is -0.715. The molecule has 1 saturated heterocycles. The van der Waals surface area contributed by atoms with Crippen molar-refractivity contribution in [3.8, 4) is 0 Å². The molecule has 0 aromatic rings. The zero-order valence-corrected chi connectivity index (χ0v) is 15.3. The number of carbonyl (C=O) groups excluding carboxylic acids is 3. The Morgan fingerprint density at radius 1 is 1.36 bits per heavy atom. The van der Waals surface area contributed by atoms with Crippen molar-refractivity contribution in [2.45, 2.75) is 39.8 Å². The van der Waals surface area contributed by atoms with Crippen LogP contribution in [0, 0.1) is 23.7 Å². The maximum atomic E-state index is 13.0. The van der Waals surface area contributed by atoms with Crippen molar-refractivity contribution in [3.63, 3.8) is 0 Å². The van der Waals surface area contributed by atoms with E-state index in [0.717, 1.165) is 0 Å². The molecule has 2 N–H and O–H groups in total. The molecule has 1 aliphatic heterocycles. The van der Waals surface area contributed by atoms with Gasteiger partial charge in [0.15, 0.2) is 0 Å². The van der Waals surface area contributed by atoms with Gasteiger partial charge in [-0.15, -0.1) is 0 Å². The molecular weight excluding hydrogens is 324 g/mol. The van der Waals surface area contributed by atoms with Crippen molar-refractivity contribution in [1.82, 2.24) is 10.2 Å². The lowest BCUT2D eigenvalue weighted by atomic mass is 9.70. The summed E-state index contributed by atoms with van der Waals surface area (Å²) in [6.07, 6.45) is 3.75. The molecular formula is C18H28N2O5. The Morgan fingerprint density at radius 2 is 2.04 bits per heavy atom. The van der Waals surface area contributed by atoms with Crippen LogP contribution in [0.2, 0.25) is 0 Å². The molecule has 1 heterocycles. The monoisotopic (exact) mass is 352 g/mol. The Labute approximate surface area is 148 Å². The average molecular weight is 352 g/mol.